The van der Waals surface area contributed by atoms with Gasteiger partial charge in [0.25, 0.3) is 10.0 Å². The van der Waals surface area contributed by atoms with Crippen molar-refractivity contribution in [1.82, 2.24) is 4.98 Å². The minimum absolute atomic E-state index is 0.0642. The van der Waals surface area contributed by atoms with Crippen LogP contribution in [0.2, 0.25) is 0 Å². The number of carboxylic acid groups (broad SMARTS) is 1. The van der Waals surface area contributed by atoms with Crippen molar-refractivity contribution in [3.8, 4) is 16.3 Å². The Morgan fingerprint density at radius 1 is 1.15 bits per heavy atom. The van der Waals surface area contributed by atoms with Crippen molar-refractivity contribution >= 4 is 43.2 Å². The van der Waals surface area contributed by atoms with Gasteiger partial charge in [-0.2, -0.15) is 0 Å². The molecule has 34 heavy (non-hydrogen) atoms. The molecule has 3 aromatic carbocycles. The van der Waals surface area contributed by atoms with E-state index in [0.717, 1.165) is 27.4 Å². The number of methoxy groups -OCH3 is 1. The van der Waals surface area contributed by atoms with Gasteiger partial charge in [-0.15, -0.1) is 11.3 Å². The Balaban J connectivity index is 1.45. The number of nitrogens with zero attached hydrogens (tertiary/aromatic N) is 1. The molecule has 0 spiro atoms. The first-order chi connectivity index (χ1) is 16.2. The quantitative estimate of drug-likeness (QED) is 0.349. The van der Waals surface area contributed by atoms with Crippen LogP contribution in [-0.4, -0.2) is 31.6 Å². The van der Waals surface area contributed by atoms with Crippen LogP contribution in [-0.2, 0) is 10.0 Å². The summed E-state index contributed by atoms with van der Waals surface area (Å²) in [5, 5.41) is 9.86. The molecular formula is C24H19FN2O5S2. The molecule has 0 radical (unpaired) electrons. The number of halogens is 1. The fourth-order valence-corrected chi connectivity index (χ4v) is 5.71. The molecule has 0 aliphatic heterocycles. The van der Waals surface area contributed by atoms with E-state index >= 15 is 0 Å². The van der Waals surface area contributed by atoms with Gasteiger partial charge in [-0.1, -0.05) is 24.3 Å². The summed E-state index contributed by atoms with van der Waals surface area (Å²) in [4.78, 5) is 15.7. The number of carbonyl (C=O) groups is 1. The fourth-order valence-electron chi connectivity index (χ4n) is 3.68. The Bertz CT molecular complexity index is 1530. The van der Waals surface area contributed by atoms with Gasteiger partial charge in [0.1, 0.15) is 16.6 Å². The summed E-state index contributed by atoms with van der Waals surface area (Å²) in [5.74, 6) is -2.03. The Hall–Kier alpha value is -3.50. The van der Waals surface area contributed by atoms with Gasteiger partial charge in [-0.05, 0) is 48.6 Å². The van der Waals surface area contributed by atoms with Gasteiger partial charge in [0.15, 0.2) is 0 Å². The van der Waals surface area contributed by atoms with Crippen LogP contribution in [0, 0.1) is 5.82 Å². The molecule has 0 atom stereocenters. The molecule has 1 aromatic heterocycles. The van der Waals surface area contributed by atoms with Crippen molar-refractivity contribution in [2.45, 2.75) is 23.7 Å². The maximum absolute atomic E-state index is 14.2. The molecule has 4 aromatic rings. The van der Waals surface area contributed by atoms with Gasteiger partial charge >= 0.3 is 5.97 Å². The number of nitrogens with one attached hydrogen (secondary N) is 1. The summed E-state index contributed by atoms with van der Waals surface area (Å²) in [7, 11) is -2.90. The predicted molar refractivity (Wildman–Crippen MR) is 128 cm³/mol. The fraction of sp³-hybridized carbons (Fsp3) is 0.167. The van der Waals surface area contributed by atoms with Crippen molar-refractivity contribution in [3.63, 3.8) is 0 Å². The van der Waals surface area contributed by atoms with Crippen LogP contribution in [0.1, 0.15) is 34.7 Å². The topological polar surface area (TPSA) is 106 Å². The molecule has 0 amide bonds. The molecule has 1 aliphatic rings. The second-order valence-electron chi connectivity index (χ2n) is 7.99. The molecule has 0 bridgehead atoms. The van der Waals surface area contributed by atoms with Crippen LogP contribution >= 0.6 is 11.3 Å². The third-order valence-electron chi connectivity index (χ3n) is 5.64. The number of thiazole rings is 1. The summed E-state index contributed by atoms with van der Waals surface area (Å²) in [6, 6.07) is 14.6. The van der Waals surface area contributed by atoms with Crippen LogP contribution in [0.15, 0.2) is 59.5 Å². The van der Waals surface area contributed by atoms with E-state index in [4.69, 9.17) is 9.84 Å². The summed E-state index contributed by atoms with van der Waals surface area (Å²) in [5.41, 5.74) is 1.98. The average molecular weight is 499 g/mol. The molecule has 7 nitrogen and oxygen atoms in total. The molecule has 1 aliphatic carbocycles. The zero-order valence-electron chi connectivity index (χ0n) is 17.9. The summed E-state index contributed by atoms with van der Waals surface area (Å²) < 4.78 is 48.3. The molecule has 0 saturated heterocycles. The van der Waals surface area contributed by atoms with Crippen molar-refractivity contribution in [3.05, 3.63) is 71.5 Å². The first-order valence-corrected chi connectivity index (χ1v) is 12.7. The summed E-state index contributed by atoms with van der Waals surface area (Å²) >= 11 is 1.46. The van der Waals surface area contributed by atoms with E-state index < -0.39 is 27.4 Å². The SMILES string of the molecule is COc1cc(C(=O)O)c(F)cc1NS(=O)(=O)c1ccc2sc(-c3ccc(C4CC4)cc3)nc2c1. The second-order valence-corrected chi connectivity index (χ2v) is 10.7. The van der Waals surface area contributed by atoms with E-state index in [1.54, 1.807) is 6.07 Å². The van der Waals surface area contributed by atoms with Gasteiger partial charge < -0.3 is 9.84 Å². The molecule has 174 valence electrons. The number of hydrogen-bond donors (Lipinski definition) is 2. The highest BCUT2D eigenvalue weighted by molar-refractivity contribution is 7.92. The van der Waals surface area contributed by atoms with Gasteiger partial charge in [0.05, 0.1) is 33.5 Å². The summed E-state index contributed by atoms with van der Waals surface area (Å²) in [6.07, 6.45) is 2.46. The maximum Gasteiger partial charge on any atom is 0.338 e. The first-order valence-electron chi connectivity index (χ1n) is 10.4. The number of hydrogen-bond acceptors (Lipinski definition) is 6. The molecule has 1 saturated carbocycles. The monoisotopic (exact) mass is 498 g/mol. The second kappa shape index (κ2) is 8.37. The molecule has 2 N–H and O–H groups in total. The maximum atomic E-state index is 14.2. The smallest absolute Gasteiger partial charge is 0.338 e. The van der Waals surface area contributed by atoms with Crippen LogP contribution in [0.5, 0.6) is 5.75 Å². The molecule has 0 unspecified atom stereocenters. The lowest BCUT2D eigenvalue weighted by Gasteiger charge is -2.13. The number of anilines is 1. The molecule has 1 heterocycles. The van der Waals surface area contributed by atoms with Crippen LogP contribution < -0.4 is 9.46 Å². The molecule has 10 heteroatoms. The number of ether oxygens (including phenoxy) is 1. The molecule has 5 rings (SSSR count). The Morgan fingerprint density at radius 3 is 2.53 bits per heavy atom. The van der Waals surface area contributed by atoms with Crippen LogP contribution in [0.3, 0.4) is 0 Å². The van der Waals surface area contributed by atoms with E-state index in [-0.39, 0.29) is 16.3 Å². The lowest BCUT2D eigenvalue weighted by molar-refractivity contribution is 0.0691. The lowest BCUT2D eigenvalue weighted by Crippen LogP contribution is -2.14. The predicted octanol–water partition coefficient (Wildman–Crippen LogP) is 5.49. The standard InChI is InChI=1S/C24H19FN2O5S2/c1-32-21-11-17(24(28)29)18(25)12-19(21)27-34(30,31)16-8-9-22-20(10-16)26-23(33-22)15-6-4-14(5-7-15)13-2-3-13/h4-13,27H,2-3H2,1H3,(H,28,29). The largest absolute Gasteiger partial charge is 0.495 e. The van der Waals surface area contributed by atoms with Gasteiger partial charge in [-0.25, -0.2) is 22.6 Å². The van der Waals surface area contributed by atoms with Crippen molar-refractivity contribution < 1.29 is 27.4 Å². The van der Waals surface area contributed by atoms with Gasteiger partial charge in [0.2, 0.25) is 0 Å². The van der Waals surface area contributed by atoms with E-state index in [1.165, 1.54) is 49.0 Å². The lowest BCUT2D eigenvalue weighted by atomic mass is 10.1. The van der Waals surface area contributed by atoms with Crippen molar-refractivity contribution in [2.24, 2.45) is 0 Å². The van der Waals surface area contributed by atoms with Gasteiger partial charge in [-0.3, -0.25) is 4.72 Å². The molecule has 1 fully saturated rings. The zero-order valence-corrected chi connectivity index (χ0v) is 19.5. The normalized spacial score (nSPS) is 13.7. The third kappa shape index (κ3) is 4.22. The van der Waals surface area contributed by atoms with E-state index in [2.05, 4.69) is 21.8 Å². The molecular weight excluding hydrogens is 479 g/mol. The average Bonchev–Trinajstić information content (AvgIpc) is 3.57. The summed E-state index contributed by atoms with van der Waals surface area (Å²) in [6.45, 7) is 0. The number of fused-ring (bicyclic) bond motifs is 1. The van der Waals surface area contributed by atoms with E-state index in [9.17, 15) is 17.6 Å². The third-order valence-corrected chi connectivity index (χ3v) is 8.09. The number of carboxylic acids is 1. The zero-order chi connectivity index (χ0) is 24.0. The number of aromatic nitrogens is 1. The number of rotatable bonds is 7. The Labute approximate surface area is 198 Å². The Morgan fingerprint density at radius 2 is 1.88 bits per heavy atom. The van der Waals surface area contributed by atoms with Crippen LogP contribution in [0.25, 0.3) is 20.8 Å². The van der Waals surface area contributed by atoms with E-state index in [0.29, 0.717) is 11.4 Å². The highest BCUT2D eigenvalue weighted by atomic mass is 32.2. The first kappa shape index (κ1) is 22.3. The minimum Gasteiger partial charge on any atom is -0.495 e. The number of benzene rings is 3. The minimum atomic E-state index is -4.13. The number of sulfonamides is 1. The van der Waals surface area contributed by atoms with Crippen LogP contribution in [0.4, 0.5) is 10.1 Å². The van der Waals surface area contributed by atoms with Gasteiger partial charge in [0, 0.05) is 11.6 Å². The highest BCUT2D eigenvalue weighted by Crippen LogP contribution is 2.41. The highest BCUT2D eigenvalue weighted by Gasteiger charge is 2.24. The van der Waals surface area contributed by atoms with Crippen molar-refractivity contribution in [2.75, 3.05) is 11.8 Å². The number of aromatic carboxylic acids is 1. The Kier molecular flexibility index (Phi) is 5.49. The van der Waals surface area contributed by atoms with E-state index in [1.807, 2.05) is 12.1 Å². The van der Waals surface area contributed by atoms with Crippen molar-refractivity contribution in [1.29, 1.82) is 0 Å².